The van der Waals surface area contributed by atoms with Gasteiger partial charge in [-0.3, -0.25) is 0 Å². The number of likely N-dealkylation sites (N-methyl/N-ethyl adjacent to an activating group) is 1. The molecule has 1 aromatic carbocycles. The van der Waals surface area contributed by atoms with Gasteiger partial charge in [0.25, 0.3) is 0 Å². The minimum absolute atomic E-state index is 0.00306. The molecule has 5 nitrogen and oxygen atoms in total. The number of nitrogens with zero attached hydrogens (tertiary/aromatic N) is 1. The molecule has 3 rings (SSSR count). The van der Waals surface area contributed by atoms with Crippen molar-refractivity contribution < 1.29 is 17.8 Å². The Hall–Kier alpha value is -2.01. The van der Waals surface area contributed by atoms with E-state index in [0.29, 0.717) is 0 Å². The number of carbonyl (C=O) groups excluding carboxylic acids is 1. The van der Waals surface area contributed by atoms with Crippen molar-refractivity contribution in [3.8, 4) is 0 Å². The van der Waals surface area contributed by atoms with E-state index in [9.17, 15) is 4.79 Å². The lowest BCUT2D eigenvalue weighted by atomic mass is 10.0. The van der Waals surface area contributed by atoms with Crippen LogP contribution in [0.4, 0.5) is 4.79 Å². The number of ether oxygens (including phenoxy) is 1. The van der Waals surface area contributed by atoms with Gasteiger partial charge in [-0.2, -0.15) is 0 Å². The van der Waals surface area contributed by atoms with Crippen LogP contribution in [0.15, 0.2) is 24.3 Å². The van der Waals surface area contributed by atoms with Gasteiger partial charge in [-0.25, -0.2) is 4.79 Å². The van der Waals surface area contributed by atoms with E-state index < -0.39 is 18.5 Å². The molecule has 2 heterocycles. The molecular formula is C16H21N3O2. The smallest absolute Gasteiger partial charge is 0.407 e. The summed E-state index contributed by atoms with van der Waals surface area (Å²) in [5, 5.41) is 2.73. The van der Waals surface area contributed by atoms with Gasteiger partial charge in [0.05, 0.1) is 11.5 Å². The summed E-state index contributed by atoms with van der Waals surface area (Å²) in [4.78, 5) is 15.6. The van der Waals surface area contributed by atoms with E-state index in [1.165, 1.54) is 0 Å². The first-order valence-electron chi connectivity index (χ1n) is 9.72. The zero-order valence-electron chi connectivity index (χ0n) is 18.0. The quantitative estimate of drug-likeness (QED) is 0.885. The number of cyclic esters (lactones) is 1. The Morgan fingerprint density at radius 3 is 3.10 bits per heavy atom. The third-order valence-corrected chi connectivity index (χ3v) is 3.19. The zero-order chi connectivity index (χ0) is 20.1. The van der Waals surface area contributed by atoms with Gasteiger partial charge in [0.1, 0.15) is 6.61 Å². The molecule has 1 aromatic heterocycles. The fourth-order valence-corrected chi connectivity index (χ4v) is 2.17. The van der Waals surface area contributed by atoms with Crippen molar-refractivity contribution in [2.45, 2.75) is 18.8 Å². The molecule has 1 aliphatic rings. The van der Waals surface area contributed by atoms with Gasteiger partial charge in [0, 0.05) is 26.4 Å². The van der Waals surface area contributed by atoms with Crippen LogP contribution in [0.3, 0.4) is 0 Å². The summed E-state index contributed by atoms with van der Waals surface area (Å²) in [6.45, 7) is 0.108. The Kier molecular flexibility index (Phi) is 2.32. The summed E-state index contributed by atoms with van der Waals surface area (Å²) in [5.74, 6) is 0. The van der Waals surface area contributed by atoms with Crippen LogP contribution in [-0.2, 0) is 17.5 Å². The molecule has 1 amide bonds. The van der Waals surface area contributed by atoms with Gasteiger partial charge in [-0.15, -0.1) is 0 Å². The molecule has 0 radical (unpaired) electrons. The highest BCUT2D eigenvalue weighted by Gasteiger charge is 2.22. The van der Waals surface area contributed by atoms with E-state index >= 15 is 0 Å². The lowest BCUT2D eigenvalue weighted by Gasteiger charge is -2.09. The zero-order valence-corrected chi connectivity index (χ0v) is 12.0. The van der Waals surface area contributed by atoms with Crippen molar-refractivity contribution >= 4 is 17.0 Å². The summed E-state index contributed by atoms with van der Waals surface area (Å²) >= 11 is 0. The maximum absolute atomic E-state index is 11.2. The second-order valence-corrected chi connectivity index (χ2v) is 5.29. The lowest BCUT2D eigenvalue weighted by molar-refractivity contribution is 0.177. The van der Waals surface area contributed by atoms with Crippen LogP contribution in [-0.4, -0.2) is 49.3 Å². The predicted octanol–water partition coefficient (Wildman–Crippen LogP) is 1.92. The Labute approximate surface area is 132 Å². The molecule has 0 saturated carbocycles. The molecule has 112 valence electrons. The van der Waals surface area contributed by atoms with Crippen molar-refractivity contribution in [2.24, 2.45) is 0 Å². The monoisotopic (exact) mass is 293 g/mol. The number of benzene rings is 1. The van der Waals surface area contributed by atoms with Crippen molar-refractivity contribution in [1.29, 1.82) is 0 Å². The number of nitrogens with one attached hydrogen (secondary N) is 2. The molecule has 1 saturated heterocycles. The van der Waals surface area contributed by atoms with Crippen molar-refractivity contribution in [1.82, 2.24) is 15.2 Å². The van der Waals surface area contributed by atoms with Gasteiger partial charge in [0.15, 0.2) is 0 Å². The van der Waals surface area contributed by atoms with Crippen LogP contribution in [0.25, 0.3) is 10.9 Å². The van der Waals surface area contributed by atoms with Gasteiger partial charge < -0.3 is 19.9 Å². The average molecular weight is 293 g/mol. The Bertz CT molecular complexity index is 912. The van der Waals surface area contributed by atoms with Gasteiger partial charge in [0.2, 0.25) is 0 Å². The fourth-order valence-electron chi connectivity index (χ4n) is 2.17. The van der Waals surface area contributed by atoms with E-state index in [0.717, 1.165) is 0 Å². The third-order valence-electron chi connectivity index (χ3n) is 3.19. The maximum atomic E-state index is 11.2. The number of hydrogen-bond acceptors (Lipinski definition) is 3. The molecule has 2 aromatic rings. The molecule has 1 atom stereocenters. The maximum Gasteiger partial charge on any atom is 0.407 e. The van der Waals surface area contributed by atoms with Crippen molar-refractivity contribution in [2.75, 3.05) is 27.2 Å². The minimum atomic E-state index is -1.92. The van der Waals surface area contributed by atoms with Crippen LogP contribution in [0.5, 0.6) is 0 Å². The summed E-state index contributed by atoms with van der Waals surface area (Å²) in [7, 11) is 3.42. The topological polar surface area (TPSA) is 57.4 Å². The molecule has 1 aliphatic heterocycles. The number of hydrogen-bond donors (Lipinski definition) is 2. The van der Waals surface area contributed by atoms with Gasteiger partial charge in [-0.05, 0) is 50.1 Å². The molecular weight excluding hydrogens is 266 g/mol. The van der Waals surface area contributed by atoms with E-state index in [-0.39, 0.29) is 65.9 Å². The van der Waals surface area contributed by atoms with Crippen molar-refractivity contribution in [3.05, 3.63) is 35.4 Å². The Morgan fingerprint density at radius 1 is 1.52 bits per heavy atom. The van der Waals surface area contributed by atoms with Crippen LogP contribution in [0.2, 0.25) is 0 Å². The molecule has 5 heteroatoms. The Balaban J connectivity index is 2.19. The van der Waals surface area contributed by atoms with Crippen LogP contribution < -0.4 is 5.32 Å². The highest BCUT2D eigenvalue weighted by molar-refractivity contribution is 5.84. The SMILES string of the molecule is [2H]c1[nH]c2c([2H])c([2H])c(C[C@H]3COC(=O)N3)c([2H])c2c1C([2H])([2H])CN(C)C. The van der Waals surface area contributed by atoms with Crippen LogP contribution >= 0.6 is 0 Å². The average Bonchev–Trinajstić information content (AvgIpc) is 3.11. The fraction of sp³-hybridized carbons (Fsp3) is 0.438. The number of amides is 1. The number of rotatable bonds is 5. The van der Waals surface area contributed by atoms with Crippen LogP contribution in [0, 0.1) is 0 Å². The van der Waals surface area contributed by atoms with Crippen LogP contribution in [0.1, 0.15) is 19.4 Å². The first kappa shape index (κ1) is 8.44. The number of carbonyl (C=O) groups is 1. The van der Waals surface area contributed by atoms with Crippen molar-refractivity contribution in [3.63, 3.8) is 0 Å². The minimum Gasteiger partial charge on any atom is -0.447 e. The number of aromatic amines is 1. The van der Waals surface area contributed by atoms with E-state index in [1.54, 1.807) is 19.0 Å². The highest BCUT2D eigenvalue weighted by atomic mass is 16.6. The molecule has 0 bridgehead atoms. The summed E-state index contributed by atoms with van der Waals surface area (Å²) < 4.78 is 54.9. The molecule has 2 N–H and O–H groups in total. The number of alkyl carbamates (subject to hydrolysis) is 1. The number of H-pyrrole nitrogens is 1. The van der Waals surface area contributed by atoms with Gasteiger partial charge in [-0.1, -0.05) is 6.04 Å². The third kappa shape index (κ3) is 3.19. The van der Waals surface area contributed by atoms with E-state index in [4.69, 9.17) is 13.0 Å². The Morgan fingerprint density at radius 2 is 2.38 bits per heavy atom. The largest absolute Gasteiger partial charge is 0.447 e. The summed E-state index contributed by atoms with van der Waals surface area (Å²) in [5.41, 5.74) is 0.352. The predicted molar refractivity (Wildman–Crippen MR) is 82.5 cm³/mol. The first-order valence-corrected chi connectivity index (χ1v) is 6.72. The number of fused-ring (bicyclic) bond motifs is 1. The highest BCUT2D eigenvalue weighted by Crippen LogP contribution is 2.21. The molecule has 0 spiro atoms. The van der Waals surface area contributed by atoms with Gasteiger partial charge >= 0.3 is 6.09 Å². The molecule has 0 unspecified atom stereocenters. The van der Waals surface area contributed by atoms with E-state index in [1.807, 2.05) is 0 Å². The van der Waals surface area contributed by atoms with E-state index in [2.05, 4.69) is 10.3 Å². The first-order chi connectivity index (χ1) is 12.5. The second-order valence-electron chi connectivity index (χ2n) is 5.29. The molecule has 21 heavy (non-hydrogen) atoms. The normalized spacial score (nSPS) is 23.0. The summed E-state index contributed by atoms with van der Waals surface area (Å²) in [6.07, 6.45) is -2.57. The molecule has 0 aliphatic carbocycles. The standard InChI is InChI=1S/C16H21N3O2/c1-19(2)6-5-12-9-17-15-4-3-11(8-14(12)15)7-13-10-21-16(20)18-13/h3-4,8-9,13,17H,5-7,10H2,1-2H3,(H,18,20)/t13-/m0/s1/i3D,4D,5D2,8D,9D. The lowest BCUT2D eigenvalue weighted by Crippen LogP contribution is -2.28. The number of aromatic nitrogens is 1. The molecule has 1 fully saturated rings. The summed E-state index contributed by atoms with van der Waals surface area (Å²) in [6, 6.07) is -0.880. The second kappa shape index (κ2) is 5.77.